The van der Waals surface area contributed by atoms with E-state index in [0.29, 0.717) is 87.2 Å². The Bertz CT molecular complexity index is 2150. The van der Waals surface area contributed by atoms with Gasteiger partial charge in [-0.2, -0.15) is 0 Å². The number of hydrogen-bond donors (Lipinski definition) is 5. The Morgan fingerprint density at radius 1 is 0.912 bits per heavy atom. The van der Waals surface area contributed by atoms with Crippen LogP contribution in [0.3, 0.4) is 0 Å². The van der Waals surface area contributed by atoms with Crippen molar-refractivity contribution < 1.29 is 54.6 Å². The van der Waals surface area contributed by atoms with Crippen molar-refractivity contribution in [2.45, 2.75) is 110 Å². The first kappa shape index (κ1) is 45.4. The van der Waals surface area contributed by atoms with Crippen molar-refractivity contribution in [2.24, 2.45) is 5.73 Å². The van der Waals surface area contributed by atoms with E-state index in [4.69, 9.17) is 30.4 Å². The van der Waals surface area contributed by atoms with Gasteiger partial charge in [-0.05, 0) is 58.6 Å². The van der Waals surface area contributed by atoms with E-state index in [1.54, 1.807) is 0 Å². The second kappa shape index (κ2) is 19.9. The minimum atomic E-state index is -1.10. The molecule has 0 fully saturated rings. The third kappa shape index (κ3) is 9.90. The largest absolute Gasteiger partial charge is 2.00 e. The molecule has 14 nitrogen and oxygen atoms in total. The normalized spacial score (nSPS) is 18.1. The molecule has 5 heterocycles. The van der Waals surface area contributed by atoms with Gasteiger partial charge in [0.2, 0.25) is 11.8 Å². The van der Waals surface area contributed by atoms with E-state index in [2.05, 4.69) is 24.5 Å². The summed E-state index contributed by atoms with van der Waals surface area (Å²) in [6, 6.07) is 5.65. The zero-order chi connectivity index (χ0) is 40.8. The van der Waals surface area contributed by atoms with Crippen LogP contribution in [0.5, 0.6) is 0 Å². The molecule has 5 atom stereocenters. The van der Waals surface area contributed by atoms with Crippen LogP contribution in [0, 0.1) is 13.8 Å². The van der Waals surface area contributed by atoms with Crippen molar-refractivity contribution in [1.29, 1.82) is 0 Å². The van der Waals surface area contributed by atoms with Gasteiger partial charge in [-0.25, -0.2) is 0 Å². The van der Waals surface area contributed by atoms with Crippen molar-refractivity contribution in [1.82, 2.24) is 30.6 Å². The molecule has 8 bridgehead atoms. The number of rotatable bonds is 15. The molecule has 3 aromatic heterocycles. The van der Waals surface area contributed by atoms with Gasteiger partial charge in [0, 0.05) is 77.1 Å². The molecule has 2 aliphatic rings. The van der Waals surface area contributed by atoms with Crippen LogP contribution in [0.15, 0.2) is 18.2 Å². The Labute approximate surface area is 347 Å². The summed E-state index contributed by atoms with van der Waals surface area (Å²) in [6.45, 7) is 11.7. The number of esters is 1. The first-order valence-electron chi connectivity index (χ1n) is 19.5. The number of ketones is 1. The maximum absolute atomic E-state index is 14.2. The van der Waals surface area contributed by atoms with Gasteiger partial charge in [-0.15, -0.1) is 22.1 Å². The number of hydrogen-bond acceptors (Lipinski definition) is 10. The molecule has 2 amide bonds. The predicted molar refractivity (Wildman–Crippen MR) is 213 cm³/mol. The molecule has 0 saturated heterocycles. The number of fused-ring (bicyclic) bond motifs is 8. The number of methoxy groups -OCH3 is 1. The van der Waals surface area contributed by atoms with Gasteiger partial charge in [-0.1, -0.05) is 50.1 Å². The van der Waals surface area contributed by atoms with Crippen molar-refractivity contribution in [3.05, 3.63) is 68.8 Å². The molecule has 0 aromatic carbocycles. The number of aliphatic hydroxyl groups excluding tert-OH is 2. The van der Waals surface area contributed by atoms with E-state index >= 15 is 0 Å². The Morgan fingerprint density at radius 3 is 2.19 bits per heavy atom. The zero-order valence-electron chi connectivity index (χ0n) is 33.8. The molecule has 5 rings (SSSR count). The smallest absolute Gasteiger partial charge is 0.657 e. The fraction of sp³-hybridized carbons (Fsp3) is 0.524. The Hall–Kier alpha value is -4.26. The fourth-order valence-corrected chi connectivity index (χ4v) is 7.92. The monoisotopic (exact) mass is 875 g/mol. The number of ether oxygens (including phenoxy) is 1. The standard InChI is InChI=1S/C42H57N7O7.Pd/c1-8-27-21(2)30-18-35-38(25(6)51)23(4)32(47-35)16-31-22(3)28(11-12-36(53)45-19-26(52)20-50)40(48-31)29(15-37(54)56-7)41-39(42(55)44-14-10-9-13-43)24(5)33(49-41)17-34(27)46-30;/h16-18,21-22,26-28,50,52H,8-15,19-20,43H2,1-7H3,(H4,44,45,46,47,48,49,51,53,55);/q;+2/p-2/t21-,22+,26?,27-,28+;/m1./s1. The first-order valence-corrected chi connectivity index (χ1v) is 19.5. The number of nitrogens with zero attached hydrogens (tertiary/aromatic N) is 4. The third-order valence-electron chi connectivity index (χ3n) is 11.2. The predicted octanol–water partition coefficient (Wildman–Crippen LogP) is 4.01. The maximum Gasteiger partial charge on any atom is 2.00 e. The van der Waals surface area contributed by atoms with Crippen molar-refractivity contribution in [3.8, 4) is 0 Å². The number of aromatic nitrogens is 4. The minimum Gasteiger partial charge on any atom is -0.657 e. The number of nitrogens with one attached hydrogen (secondary N) is 2. The number of Topliss-reactive ketones (excluding diaryl/α,β-unsaturated/α-hetero) is 1. The van der Waals surface area contributed by atoms with Crippen molar-refractivity contribution >= 4 is 45.6 Å². The molecule has 0 radical (unpaired) electrons. The second-order valence-corrected chi connectivity index (χ2v) is 15.0. The van der Waals surface area contributed by atoms with Crippen LogP contribution in [0.4, 0.5) is 0 Å². The molecule has 0 saturated carbocycles. The van der Waals surface area contributed by atoms with Crippen LogP contribution in [-0.4, -0.2) is 83.2 Å². The second-order valence-electron chi connectivity index (χ2n) is 15.0. The molecule has 6 N–H and O–H groups in total. The quantitative estimate of drug-likeness (QED) is 0.0633. The Kier molecular flexibility index (Phi) is 15.9. The van der Waals surface area contributed by atoms with Crippen molar-refractivity contribution in [2.75, 3.05) is 33.4 Å². The molecular formula is C42H55N7O7Pd. The van der Waals surface area contributed by atoms with E-state index in [9.17, 15) is 29.4 Å². The van der Waals surface area contributed by atoms with Gasteiger partial charge in [0.25, 0.3) is 0 Å². The molecule has 0 aliphatic carbocycles. The van der Waals surface area contributed by atoms with E-state index in [-0.39, 0.29) is 75.2 Å². The van der Waals surface area contributed by atoms with Crippen LogP contribution in [0.1, 0.15) is 144 Å². The first-order chi connectivity index (χ1) is 26.7. The van der Waals surface area contributed by atoms with Crippen molar-refractivity contribution in [3.63, 3.8) is 0 Å². The number of aryl methyl sites for hydroxylation is 2. The van der Waals surface area contributed by atoms with Gasteiger partial charge in [-0.3, -0.25) is 29.1 Å². The number of aliphatic hydroxyl groups is 2. The van der Waals surface area contributed by atoms with E-state index < -0.39 is 24.6 Å². The number of unbranched alkanes of at least 4 members (excludes halogenated alkanes) is 1. The fourth-order valence-electron chi connectivity index (χ4n) is 7.92. The molecule has 57 heavy (non-hydrogen) atoms. The average molecular weight is 876 g/mol. The number of carbonyl (C=O) groups is 4. The zero-order valence-corrected chi connectivity index (χ0v) is 35.4. The van der Waals surface area contributed by atoms with Crippen LogP contribution >= 0.6 is 0 Å². The van der Waals surface area contributed by atoms with Crippen LogP contribution in [0.25, 0.3) is 22.1 Å². The molecule has 1 unspecified atom stereocenters. The molecule has 2 aliphatic heterocycles. The summed E-state index contributed by atoms with van der Waals surface area (Å²) in [5.41, 5.74) is 12.9. The van der Waals surface area contributed by atoms with Crippen LogP contribution < -0.4 is 26.3 Å². The summed E-state index contributed by atoms with van der Waals surface area (Å²) in [4.78, 5) is 73.9. The van der Waals surface area contributed by atoms with E-state index in [0.717, 1.165) is 24.2 Å². The molecule has 0 spiro atoms. The van der Waals surface area contributed by atoms with E-state index in [1.807, 2.05) is 39.0 Å². The summed E-state index contributed by atoms with van der Waals surface area (Å²) in [6.07, 6.45) is 1.19. The molecule has 15 heteroatoms. The summed E-state index contributed by atoms with van der Waals surface area (Å²) in [5.74, 6) is -2.06. The SMILES string of the molecule is CC[C@H]1c2cc3[n-]c(c(CC(=O)OC)c4nc(cc5[n-]c(cc(n2)[C@@H]1C)c(C(C)=O)c5C)[C@@H](C)[C@@H]4CCC(=O)NCC(O)CO)c(C(=O)NCCCCN)c3C.[Pd+2]. The summed E-state index contributed by atoms with van der Waals surface area (Å²) in [5, 5.41) is 24.7. The number of amides is 2. The molecule has 310 valence electrons. The number of nitrogens with two attached hydrogens (primary N) is 1. The van der Waals surface area contributed by atoms with Gasteiger partial charge in [0.1, 0.15) is 0 Å². The van der Waals surface area contributed by atoms with Gasteiger partial charge < -0.3 is 41.3 Å². The Morgan fingerprint density at radius 2 is 1.54 bits per heavy atom. The number of carbonyl (C=O) groups excluding carboxylic acids is 4. The molecule has 3 aromatic rings. The minimum absolute atomic E-state index is 0. The summed E-state index contributed by atoms with van der Waals surface area (Å²) >= 11 is 0. The third-order valence-corrected chi connectivity index (χ3v) is 11.2. The van der Waals surface area contributed by atoms with Crippen LogP contribution in [-0.2, 0) is 41.2 Å². The van der Waals surface area contributed by atoms with E-state index in [1.165, 1.54) is 14.0 Å². The molecular weight excluding hydrogens is 821 g/mol. The maximum atomic E-state index is 14.2. The Balaban J connectivity index is 0.00000720. The summed E-state index contributed by atoms with van der Waals surface area (Å²) < 4.78 is 5.19. The average Bonchev–Trinajstić information content (AvgIpc) is 3.86. The van der Waals surface area contributed by atoms with Gasteiger partial charge in [0.05, 0.1) is 26.2 Å². The summed E-state index contributed by atoms with van der Waals surface area (Å²) in [7, 11) is 1.29. The topological polar surface area (TPSA) is 222 Å². The van der Waals surface area contributed by atoms with Gasteiger partial charge in [0.15, 0.2) is 5.78 Å². The van der Waals surface area contributed by atoms with Gasteiger partial charge >= 0.3 is 26.4 Å². The van der Waals surface area contributed by atoms with Crippen LogP contribution in [0.2, 0.25) is 0 Å².